The highest BCUT2D eigenvalue weighted by Gasteiger charge is 2.15. The molecule has 0 atom stereocenters. The fraction of sp³-hybridized carbons (Fsp3) is 0.500. The minimum Gasteiger partial charge on any atom is -0.465 e. The SMILES string of the molecule is COC(=O)/C(CF)=C(\N)N(C)N. The molecule has 0 aromatic heterocycles. The van der Waals surface area contributed by atoms with Crippen molar-refractivity contribution in [1.82, 2.24) is 5.01 Å². The van der Waals surface area contributed by atoms with E-state index in [1.165, 1.54) is 7.05 Å². The van der Waals surface area contributed by atoms with Crippen molar-refractivity contribution in [3.05, 3.63) is 11.4 Å². The van der Waals surface area contributed by atoms with E-state index in [9.17, 15) is 9.18 Å². The van der Waals surface area contributed by atoms with E-state index in [0.29, 0.717) is 0 Å². The van der Waals surface area contributed by atoms with Gasteiger partial charge in [0.05, 0.1) is 7.11 Å². The van der Waals surface area contributed by atoms with Crippen LogP contribution in [-0.4, -0.2) is 31.8 Å². The van der Waals surface area contributed by atoms with E-state index in [1.807, 2.05) is 0 Å². The molecule has 0 unspecified atom stereocenters. The monoisotopic (exact) mass is 177 g/mol. The van der Waals surface area contributed by atoms with E-state index in [4.69, 9.17) is 11.6 Å². The van der Waals surface area contributed by atoms with Crippen molar-refractivity contribution in [3.8, 4) is 0 Å². The molecule has 4 N–H and O–H groups in total. The minimum atomic E-state index is -1.000. The second-order valence-corrected chi connectivity index (χ2v) is 2.10. The Balaban J connectivity index is 4.73. The number of methoxy groups -OCH3 is 1. The van der Waals surface area contributed by atoms with Gasteiger partial charge in [-0.05, 0) is 0 Å². The molecule has 0 radical (unpaired) electrons. The van der Waals surface area contributed by atoms with Crippen LogP contribution in [0.4, 0.5) is 4.39 Å². The molecule has 6 heteroatoms. The van der Waals surface area contributed by atoms with Crippen molar-refractivity contribution >= 4 is 5.97 Å². The fourth-order valence-corrected chi connectivity index (χ4v) is 0.564. The van der Waals surface area contributed by atoms with Crippen LogP contribution in [0, 0.1) is 0 Å². The van der Waals surface area contributed by atoms with Crippen LogP contribution in [0.3, 0.4) is 0 Å². The number of nitrogens with zero attached hydrogens (tertiary/aromatic N) is 1. The fourth-order valence-electron chi connectivity index (χ4n) is 0.564. The summed E-state index contributed by atoms with van der Waals surface area (Å²) in [5, 5.41) is 0.950. The van der Waals surface area contributed by atoms with Gasteiger partial charge in [-0.3, -0.25) is 5.01 Å². The summed E-state index contributed by atoms with van der Waals surface area (Å²) in [5.41, 5.74) is 5.01. The van der Waals surface area contributed by atoms with Crippen LogP contribution < -0.4 is 11.6 Å². The number of esters is 1. The summed E-state index contributed by atoms with van der Waals surface area (Å²) in [5.74, 6) is 4.23. The van der Waals surface area contributed by atoms with Gasteiger partial charge in [0.25, 0.3) is 0 Å². The second kappa shape index (κ2) is 4.55. The van der Waals surface area contributed by atoms with Gasteiger partial charge in [-0.2, -0.15) is 0 Å². The van der Waals surface area contributed by atoms with Gasteiger partial charge in [-0.1, -0.05) is 0 Å². The number of alkyl halides is 1. The maximum absolute atomic E-state index is 12.2. The number of hydrogen-bond donors (Lipinski definition) is 2. The third kappa shape index (κ3) is 2.39. The van der Waals surface area contributed by atoms with Crippen LogP contribution in [-0.2, 0) is 9.53 Å². The molecule has 0 heterocycles. The molecule has 0 saturated heterocycles. The Hall–Kier alpha value is -1.30. The van der Waals surface area contributed by atoms with Gasteiger partial charge < -0.3 is 10.5 Å². The van der Waals surface area contributed by atoms with Gasteiger partial charge in [-0.25, -0.2) is 15.0 Å². The molecule has 70 valence electrons. The maximum atomic E-state index is 12.2. The Bertz CT molecular complexity index is 203. The van der Waals surface area contributed by atoms with Crippen molar-refractivity contribution in [1.29, 1.82) is 0 Å². The van der Waals surface area contributed by atoms with Crippen molar-refractivity contribution in [2.75, 3.05) is 20.8 Å². The van der Waals surface area contributed by atoms with Crippen molar-refractivity contribution < 1.29 is 13.9 Å². The van der Waals surface area contributed by atoms with E-state index in [0.717, 1.165) is 12.1 Å². The predicted molar refractivity (Wildman–Crippen MR) is 41.2 cm³/mol. The Labute approximate surface area is 69.7 Å². The van der Waals surface area contributed by atoms with Crippen molar-refractivity contribution in [2.45, 2.75) is 0 Å². The van der Waals surface area contributed by atoms with Crippen LogP contribution in [0.2, 0.25) is 0 Å². The summed E-state index contributed by atoms with van der Waals surface area (Å²) in [6.07, 6.45) is 0. The maximum Gasteiger partial charge on any atom is 0.340 e. The molecule has 5 nitrogen and oxygen atoms in total. The van der Waals surface area contributed by atoms with E-state index in [1.54, 1.807) is 0 Å². The third-order valence-corrected chi connectivity index (χ3v) is 1.25. The first-order chi connectivity index (χ1) is 5.54. The van der Waals surface area contributed by atoms with Gasteiger partial charge in [-0.15, -0.1) is 0 Å². The lowest BCUT2D eigenvalue weighted by molar-refractivity contribution is -0.136. The topological polar surface area (TPSA) is 81.6 Å². The molecule has 0 aromatic rings. The quantitative estimate of drug-likeness (QED) is 0.253. The van der Waals surface area contributed by atoms with Gasteiger partial charge >= 0.3 is 5.97 Å². The molecule has 0 aliphatic heterocycles. The molecule has 0 rings (SSSR count). The lowest BCUT2D eigenvalue weighted by Crippen LogP contribution is -2.33. The second-order valence-electron chi connectivity index (χ2n) is 2.10. The van der Waals surface area contributed by atoms with Gasteiger partial charge in [0.15, 0.2) is 0 Å². The highest BCUT2D eigenvalue weighted by molar-refractivity contribution is 5.89. The number of hydrazine groups is 1. The Kier molecular flexibility index (Phi) is 4.06. The average Bonchev–Trinajstić information content (AvgIpc) is 2.05. The molecule has 0 amide bonds. The van der Waals surface area contributed by atoms with Crippen LogP contribution in [0.15, 0.2) is 11.4 Å². The first-order valence-corrected chi connectivity index (χ1v) is 3.16. The lowest BCUT2D eigenvalue weighted by atomic mass is 10.3. The Morgan fingerprint density at radius 3 is 2.42 bits per heavy atom. The molecule has 0 fully saturated rings. The summed E-state index contributed by atoms with van der Waals surface area (Å²) in [4.78, 5) is 10.8. The zero-order valence-electron chi connectivity index (χ0n) is 7.00. The Morgan fingerprint density at radius 1 is 1.67 bits per heavy atom. The van der Waals surface area contributed by atoms with Crippen molar-refractivity contribution in [2.24, 2.45) is 11.6 Å². The molecule has 0 aliphatic rings. The number of hydrogen-bond acceptors (Lipinski definition) is 5. The molecule has 12 heavy (non-hydrogen) atoms. The zero-order chi connectivity index (χ0) is 9.72. The van der Waals surface area contributed by atoms with E-state index in [2.05, 4.69) is 4.74 Å². The first-order valence-electron chi connectivity index (χ1n) is 3.16. The van der Waals surface area contributed by atoms with Crippen LogP contribution in [0.5, 0.6) is 0 Å². The van der Waals surface area contributed by atoms with E-state index >= 15 is 0 Å². The van der Waals surface area contributed by atoms with E-state index in [-0.39, 0.29) is 11.4 Å². The number of halogens is 1. The number of nitrogens with two attached hydrogens (primary N) is 2. The molecular formula is C6H12FN3O2. The number of carbonyl (C=O) groups is 1. The van der Waals surface area contributed by atoms with Crippen LogP contribution in [0.25, 0.3) is 0 Å². The zero-order valence-corrected chi connectivity index (χ0v) is 7.00. The molecule has 0 aliphatic carbocycles. The van der Waals surface area contributed by atoms with Crippen LogP contribution in [0.1, 0.15) is 0 Å². The van der Waals surface area contributed by atoms with Crippen LogP contribution >= 0.6 is 0 Å². The van der Waals surface area contributed by atoms with Gasteiger partial charge in [0.1, 0.15) is 18.1 Å². The summed E-state index contributed by atoms with van der Waals surface area (Å²) >= 11 is 0. The van der Waals surface area contributed by atoms with Crippen molar-refractivity contribution in [3.63, 3.8) is 0 Å². The molecular weight excluding hydrogens is 165 g/mol. The number of rotatable bonds is 3. The standard InChI is InChI=1S/C6H12FN3O2/c1-10(9)5(8)4(3-7)6(11)12-2/h3,8-9H2,1-2H3/b5-4+. The van der Waals surface area contributed by atoms with E-state index < -0.39 is 12.6 Å². The lowest BCUT2D eigenvalue weighted by Gasteiger charge is -2.14. The molecule has 0 aromatic carbocycles. The normalized spacial score (nSPS) is 12.0. The molecule has 0 bridgehead atoms. The highest BCUT2D eigenvalue weighted by Crippen LogP contribution is 2.03. The number of ether oxygens (including phenoxy) is 1. The first kappa shape index (κ1) is 10.7. The summed E-state index contributed by atoms with van der Waals surface area (Å²) in [6.45, 7) is -1.000. The van der Waals surface area contributed by atoms with Gasteiger partial charge in [0, 0.05) is 7.05 Å². The average molecular weight is 177 g/mol. The smallest absolute Gasteiger partial charge is 0.340 e. The van der Waals surface area contributed by atoms with Gasteiger partial charge in [0.2, 0.25) is 0 Å². The molecule has 0 spiro atoms. The predicted octanol–water partition coefficient (Wildman–Crippen LogP) is -0.895. The number of carbonyl (C=O) groups excluding carboxylic acids is 1. The summed E-state index contributed by atoms with van der Waals surface area (Å²) in [6, 6.07) is 0. The summed E-state index contributed by atoms with van der Waals surface area (Å²) in [7, 11) is 2.54. The summed E-state index contributed by atoms with van der Waals surface area (Å²) < 4.78 is 16.5. The minimum absolute atomic E-state index is 0.135. The largest absolute Gasteiger partial charge is 0.465 e. The highest BCUT2D eigenvalue weighted by atomic mass is 19.1. The Morgan fingerprint density at radius 2 is 2.17 bits per heavy atom. The third-order valence-electron chi connectivity index (χ3n) is 1.25. The molecule has 0 saturated carbocycles.